The average molecular weight is 622 g/mol. The maximum Gasteiger partial charge on any atom is 0.264 e. The van der Waals surface area contributed by atoms with Crippen molar-refractivity contribution in [1.29, 1.82) is 0 Å². The molecule has 7 nitrogen and oxygen atoms in total. The molecule has 4 aromatic rings. The van der Waals surface area contributed by atoms with Crippen LogP contribution in [0.2, 0.25) is 5.02 Å². The highest BCUT2D eigenvalue weighted by Crippen LogP contribution is 2.27. The normalized spacial score (nSPS) is 11.9. The summed E-state index contributed by atoms with van der Waals surface area (Å²) in [5, 5.41) is 3.14. The number of rotatable bonds is 12. The molecule has 0 saturated carbocycles. The van der Waals surface area contributed by atoms with E-state index >= 15 is 0 Å². The number of carbonyl (C=O) groups excluding carboxylic acids is 2. The quantitative estimate of drug-likeness (QED) is 0.218. The number of nitrogens with one attached hydrogen (secondary N) is 1. The number of halogens is 2. The summed E-state index contributed by atoms with van der Waals surface area (Å²) in [6.45, 7) is 3.01. The van der Waals surface area contributed by atoms with Crippen LogP contribution in [0, 0.1) is 12.7 Å². The highest BCUT2D eigenvalue weighted by Gasteiger charge is 2.34. The summed E-state index contributed by atoms with van der Waals surface area (Å²) >= 11 is 6.01. The second kappa shape index (κ2) is 14.3. The molecule has 0 aromatic heterocycles. The molecule has 0 saturated heterocycles. The van der Waals surface area contributed by atoms with Gasteiger partial charge in [-0.3, -0.25) is 13.9 Å². The zero-order valence-electron chi connectivity index (χ0n) is 23.9. The maximum atomic E-state index is 14.9. The Morgan fingerprint density at radius 2 is 1.58 bits per heavy atom. The summed E-state index contributed by atoms with van der Waals surface area (Å²) in [6, 6.07) is 26.5. The largest absolute Gasteiger partial charge is 0.355 e. The van der Waals surface area contributed by atoms with E-state index in [0.717, 1.165) is 15.4 Å². The van der Waals surface area contributed by atoms with Gasteiger partial charge in [-0.2, -0.15) is 0 Å². The molecule has 1 N–H and O–H groups in total. The minimum atomic E-state index is -4.26. The molecule has 224 valence electrons. The summed E-state index contributed by atoms with van der Waals surface area (Å²) < 4.78 is 43.9. The molecule has 1 atom stereocenters. The number of hydrogen-bond acceptors (Lipinski definition) is 4. The summed E-state index contributed by atoms with van der Waals surface area (Å²) in [5.41, 5.74) is 2.04. The molecule has 0 unspecified atom stereocenters. The second-order valence-electron chi connectivity index (χ2n) is 10.0. The van der Waals surface area contributed by atoms with E-state index in [2.05, 4.69) is 5.32 Å². The third kappa shape index (κ3) is 8.00. The molecule has 10 heteroatoms. The fraction of sp³-hybridized carbons (Fsp3) is 0.212. The van der Waals surface area contributed by atoms with Crippen molar-refractivity contribution in [3.8, 4) is 0 Å². The standard InChI is InChI=1S/C33H33ClFN3O4S/c1-3-36-33(40)31(21-25-11-5-4-6-12-25)37(22-26-13-7-8-15-30(26)35)32(39)23-38(28-14-9-10-24(2)20-28)43(41,42)29-18-16-27(34)17-19-29/h4-20,31H,3,21-23H2,1-2H3,(H,36,40)/t31-/m1/s1. The van der Waals surface area contributed by atoms with Crippen LogP contribution < -0.4 is 9.62 Å². The van der Waals surface area contributed by atoms with Gasteiger partial charge in [0.2, 0.25) is 11.8 Å². The van der Waals surface area contributed by atoms with Crippen molar-refractivity contribution in [3.63, 3.8) is 0 Å². The molecule has 2 amide bonds. The highest BCUT2D eigenvalue weighted by atomic mass is 35.5. The highest BCUT2D eigenvalue weighted by molar-refractivity contribution is 7.92. The van der Waals surface area contributed by atoms with E-state index in [1.54, 1.807) is 31.2 Å². The number of likely N-dealkylation sites (N-methyl/N-ethyl adjacent to an activating group) is 1. The first-order chi connectivity index (χ1) is 20.6. The summed E-state index contributed by atoms with van der Waals surface area (Å²) in [5.74, 6) is -1.65. The maximum absolute atomic E-state index is 14.9. The lowest BCUT2D eigenvalue weighted by atomic mass is 10.0. The van der Waals surface area contributed by atoms with Crippen molar-refractivity contribution in [2.24, 2.45) is 0 Å². The molecule has 4 rings (SSSR count). The van der Waals surface area contributed by atoms with Crippen LogP contribution in [-0.2, 0) is 32.6 Å². The zero-order valence-corrected chi connectivity index (χ0v) is 25.5. The van der Waals surface area contributed by atoms with Gasteiger partial charge in [0.25, 0.3) is 10.0 Å². The number of hydrogen-bond donors (Lipinski definition) is 1. The molecule has 43 heavy (non-hydrogen) atoms. The molecule has 0 heterocycles. The Hall–Kier alpha value is -4.21. The van der Waals surface area contributed by atoms with Gasteiger partial charge in [0.15, 0.2) is 0 Å². The lowest BCUT2D eigenvalue weighted by Crippen LogP contribution is -2.53. The Bertz CT molecular complexity index is 1670. The molecule has 0 aliphatic heterocycles. The predicted molar refractivity (Wildman–Crippen MR) is 167 cm³/mol. The molecule has 0 bridgehead atoms. The van der Waals surface area contributed by atoms with Crippen molar-refractivity contribution in [2.75, 3.05) is 17.4 Å². The van der Waals surface area contributed by atoms with E-state index < -0.39 is 40.2 Å². The molecule has 0 spiro atoms. The van der Waals surface area contributed by atoms with Gasteiger partial charge in [-0.25, -0.2) is 12.8 Å². The van der Waals surface area contributed by atoms with Crippen LogP contribution in [0.4, 0.5) is 10.1 Å². The third-order valence-electron chi connectivity index (χ3n) is 6.89. The number of amides is 2. The SMILES string of the molecule is CCNC(=O)[C@@H](Cc1ccccc1)N(Cc1ccccc1F)C(=O)CN(c1cccc(C)c1)S(=O)(=O)c1ccc(Cl)cc1. The topological polar surface area (TPSA) is 86.8 Å². The Balaban J connectivity index is 1.80. The Morgan fingerprint density at radius 1 is 0.907 bits per heavy atom. The van der Waals surface area contributed by atoms with Crippen LogP contribution in [-0.4, -0.2) is 44.3 Å². The molecule has 4 aromatic carbocycles. The molecular formula is C33H33ClFN3O4S. The Labute approximate surface area is 257 Å². The van der Waals surface area contributed by atoms with Crippen molar-refractivity contribution < 1.29 is 22.4 Å². The first-order valence-corrected chi connectivity index (χ1v) is 15.6. The molecule has 0 radical (unpaired) electrons. The van der Waals surface area contributed by atoms with Crippen LogP contribution in [0.25, 0.3) is 0 Å². The number of nitrogens with zero attached hydrogens (tertiary/aromatic N) is 2. The van der Waals surface area contributed by atoms with Gasteiger partial charge in [-0.05, 0) is 67.4 Å². The lowest BCUT2D eigenvalue weighted by Gasteiger charge is -2.34. The fourth-order valence-corrected chi connectivity index (χ4v) is 6.23. The Morgan fingerprint density at radius 3 is 2.23 bits per heavy atom. The van der Waals surface area contributed by atoms with Crippen molar-refractivity contribution in [2.45, 2.75) is 37.8 Å². The monoisotopic (exact) mass is 621 g/mol. The predicted octanol–water partition coefficient (Wildman–Crippen LogP) is 5.76. The van der Waals surface area contributed by atoms with Crippen LogP contribution in [0.1, 0.15) is 23.6 Å². The minimum absolute atomic E-state index is 0.0589. The van der Waals surface area contributed by atoms with Crippen LogP contribution in [0.3, 0.4) is 0 Å². The number of benzene rings is 4. The summed E-state index contributed by atoms with van der Waals surface area (Å²) in [6.07, 6.45) is 0.140. The summed E-state index contributed by atoms with van der Waals surface area (Å²) in [7, 11) is -4.26. The van der Waals surface area contributed by atoms with Crippen LogP contribution >= 0.6 is 11.6 Å². The molecule has 0 fully saturated rings. The van der Waals surface area contributed by atoms with Gasteiger partial charge in [0, 0.05) is 30.1 Å². The van der Waals surface area contributed by atoms with Crippen molar-refractivity contribution >= 4 is 39.1 Å². The number of carbonyl (C=O) groups is 2. The van der Waals surface area contributed by atoms with Gasteiger partial charge in [-0.1, -0.05) is 72.3 Å². The van der Waals surface area contributed by atoms with Gasteiger partial charge in [0.05, 0.1) is 10.6 Å². The van der Waals surface area contributed by atoms with E-state index in [1.807, 2.05) is 43.3 Å². The van der Waals surface area contributed by atoms with E-state index in [4.69, 9.17) is 11.6 Å². The van der Waals surface area contributed by atoms with Gasteiger partial charge < -0.3 is 10.2 Å². The number of aryl methyl sites for hydroxylation is 1. The first kappa shape index (κ1) is 31.7. The average Bonchev–Trinajstić information content (AvgIpc) is 2.99. The van der Waals surface area contributed by atoms with Crippen molar-refractivity contribution in [1.82, 2.24) is 10.2 Å². The minimum Gasteiger partial charge on any atom is -0.355 e. The number of anilines is 1. The van der Waals surface area contributed by atoms with E-state index in [9.17, 15) is 22.4 Å². The smallest absolute Gasteiger partial charge is 0.264 e. The fourth-order valence-electron chi connectivity index (χ4n) is 4.70. The van der Waals surface area contributed by atoms with Gasteiger partial charge >= 0.3 is 0 Å². The zero-order chi connectivity index (χ0) is 31.0. The Kier molecular flexibility index (Phi) is 10.6. The third-order valence-corrected chi connectivity index (χ3v) is 8.93. The molecule has 0 aliphatic rings. The molecule has 0 aliphatic carbocycles. The van der Waals surface area contributed by atoms with Gasteiger partial charge in [-0.15, -0.1) is 0 Å². The first-order valence-electron chi connectivity index (χ1n) is 13.8. The second-order valence-corrected chi connectivity index (χ2v) is 12.3. The van der Waals surface area contributed by atoms with Crippen LogP contribution in [0.5, 0.6) is 0 Å². The number of sulfonamides is 1. The lowest BCUT2D eigenvalue weighted by molar-refractivity contribution is -0.140. The molecular weight excluding hydrogens is 589 g/mol. The van der Waals surface area contributed by atoms with E-state index in [-0.39, 0.29) is 29.1 Å². The van der Waals surface area contributed by atoms with E-state index in [0.29, 0.717) is 11.6 Å². The van der Waals surface area contributed by atoms with Crippen LogP contribution in [0.15, 0.2) is 108 Å². The van der Waals surface area contributed by atoms with E-state index in [1.165, 1.54) is 47.4 Å². The summed E-state index contributed by atoms with van der Waals surface area (Å²) in [4.78, 5) is 29.0. The van der Waals surface area contributed by atoms with Crippen molar-refractivity contribution in [3.05, 3.63) is 131 Å². The van der Waals surface area contributed by atoms with Gasteiger partial charge in [0.1, 0.15) is 18.4 Å².